The summed E-state index contributed by atoms with van der Waals surface area (Å²) in [6.45, 7) is 10.1. The zero-order chi connectivity index (χ0) is 18.0. The summed E-state index contributed by atoms with van der Waals surface area (Å²) in [4.78, 5) is 0. The van der Waals surface area contributed by atoms with E-state index >= 15 is 0 Å². The molecule has 132 valence electrons. The summed E-state index contributed by atoms with van der Waals surface area (Å²) in [5.41, 5.74) is 1.72. The molecule has 1 saturated heterocycles. The summed E-state index contributed by atoms with van der Waals surface area (Å²) in [5.74, 6) is 0. The molecular weight excluding hydrogens is 325 g/mol. The van der Waals surface area contributed by atoms with Crippen molar-refractivity contribution in [2.24, 2.45) is 0 Å². The number of aryl methyl sites for hydroxylation is 1. The lowest BCUT2D eigenvalue weighted by Gasteiger charge is -2.32. The lowest BCUT2D eigenvalue weighted by atomic mass is 9.77. The Morgan fingerprint density at radius 3 is 2.04 bits per heavy atom. The van der Waals surface area contributed by atoms with Crippen LogP contribution < -0.4 is 10.2 Å². The number of hydrogen-bond donors (Lipinski definition) is 1. The Morgan fingerprint density at radius 2 is 1.58 bits per heavy atom. The summed E-state index contributed by atoms with van der Waals surface area (Å²) in [6, 6.07) is 6.10. The SMILES string of the molecule is Cc1cc(B2OC(C)(C)C(C)(C)O2)cc(C2(NS(C)(=O)=O)CC2)c1. The molecule has 2 fully saturated rings. The number of nitrogens with one attached hydrogen (secondary N) is 1. The minimum Gasteiger partial charge on any atom is -0.399 e. The molecule has 24 heavy (non-hydrogen) atoms. The third-order valence-corrected chi connectivity index (χ3v) is 6.07. The highest BCUT2D eigenvalue weighted by Gasteiger charge is 2.52. The summed E-state index contributed by atoms with van der Waals surface area (Å²) >= 11 is 0. The van der Waals surface area contributed by atoms with Crippen LogP contribution in [0.3, 0.4) is 0 Å². The van der Waals surface area contributed by atoms with Crippen molar-refractivity contribution in [3.8, 4) is 0 Å². The highest BCUT2D eigenvalue weighted by molar-refractivity contribution is 7.88. The van der Waals surface area contributed by atoms with Gasteiger partial charge in [0.15, 0.2) is 0 Å². The summed E-state index contributed by atoms with van der Waals surface area (Å²) in [7, 11) is -3.70. The van der Waals surface area contributed by atoms with E-state index < -0.39 is 33.9 Å². The molecular formula is C17H26BNO4S. The van der Waals surface area contributed by atoms with Crippen LogP contribution in [0.15, 0.2) is 18.2 Å². The van der Waals surface area contributed by atoms with Crippen LogP contribution in [0.4, 0.5) is 0 Å². The van der Waals surface area contributed by atoms with Crippen LogP contribution in [0.25, 0.3) is 0 Å². The van der Waals surface area contributed by atoms with E-state index in [0.29, 0.717) is 0 Å². The first-order valence-corrected chi connectivity index (χ1v) is 10.2. The molecule has 0 spiro atoms. The van der Waals surface area contributed by atoms with Crippen molar-refractivity contribution in [2.45, 2.75) is 64.2 Å². The van der Waals surface area contributed by atoms with Crippen LogP contribution in [0.2, 0.25) is 0 Å². The molecule has 0 unspecified atom stereocenters. The summed E-state index contributed by atoms with van der Waals surface area (Å²) < 4.78 is 38.4. The zero-order valence-corrected chi connectivity index (χ0v) is 16.1. The van der Waals surface area contributed by atoms with E-state index in [1.165, 1.54) is 6.26 Å². The Labute approximate surface area is 145 Å². The fourth-order valence-electron chi connectivity index (χ4n) is 3.13. The normalized spacial score (nSPS) is 24.2. The predicted molar refractivity (Wildman–Crippen MR) is 95.8 cm³/mol. The Kier molecular flexibility index (Phi) is 3.96. The topological polar surface area (TPSA) is 64.6 Å². The van der Waals surface area contributed by atoms with Gasteiger partial charge in [0.1, 0.15) is 0 Å². The van der Waals surface area contributed by atoms with E-state index in [1.807, 2.05) is 52.8 Å². The van der Waals surface area contributed by atoms with Crippen molar-refractivity contribution < 1.29 is 17.7 Å². The quantitative estimate of drug-likeness (QED) is 0.841. The Hall–Kier alpha value is -0.885. The molecule has 1 aromatic carbocycles. The summed E-state index contributed by atoms with van der Waals surface area (Å²) in [5, 5.41) is 0. The highest BCUT2D eigenvalue weighted by Crippen LogP contribution is 2.46. The van der Waals surface area contributed by atoms with Gasteiger partial charge in [0.2, 0.25) is 10.0 Å². The molecule has 1 aliphatic carbocycles. The van der Waals surface area contributed by atoms with Crippen molar-refractivity contribution in [3.63, 3.8) is 0 Å². The molecule has 1 aliphatic heterocycles. The first-order chi connectivity index (χ1) is 10.8. The van der Waals surface area contributed by atoms with Crippen molar-refractivity contribution in [1.29, 1.82) is 0 Å². The van der Waals surface area contributed by atoms with E-state index in [1.54, 1.807) is 0 Å². The van der Waals surface area contributed by atoms with Gasteiger partial charge in [-0.1, -0.05) is 23.8 Å². The van der Waals surface area contributed by atoms with Gasteiger partial charge in [-0.25, -0.2) is 13.1 Å². The predicted octanol–water partition coefficient (Wildman–Crippen LogP) is 1.83. The Morgan fingerprint density at radius 1 is 1.04 bits per heavy atom. The van der Waals surface area contributed by atoms with E-state index in [2.05, 4.69) is 4.72 Å². The van der Waals surface area contributed by atoms with E-state index in [0.717, 1.165) is 29.4 Å². The molecule has 0 bridgehead atoms. The van der Waals surface area contributed by atoms with E-state index in [9.17, 15) is 8.42 Å². The van der Waals surface area contributed by atoms with Crippen molar-refractivity contribution >= 4 is 22.6 Å². The van der Waals surface area contributed by atoms with Crippen molar-refractivity contribution in [2.75, 3.05) is 6.26 Å². The third kappa shape index (κ3) is 3.27. The molecule has 1 heterocycles. The Bertz CT molecular complexity index is 753. The maximum absolute atomic E-state index is 11.7. The van der Waals surface area contributed by atoms with Gasteiger partial charge in [0.05, 0.1) is 23.0 Å². The Balaban J connectivity index is 1.94. The monoisotopic (exact) mass is 351 g/mol. The first kappa shape index (κ1) is 17.9. The highest BCUT2D eigenvalue weighted by atomic mass is 32.2. The molecule has 3 rings (SSSR count). The molecule has 1 saturated carbocycles. The molecule has 0 aromatic heterocycles. The van der Waals surface area contributed by atoms with E-state index in [4.69, 9.17) is 9.31 Å². The third-order valence-electron chi connectivity index (χ3n) is 5.31. The van der Waals surface area contributed by atoms with Gasteiger partial charge in [-0.15, -0.1) is 0 Å². The lowest BCUT2D eigenvalue weighted by molar-refractivity contribution is 0.00578. The molecule has 1 N–H and O–H groups in total. The number of hydrogen-bond acceptors (Lipinski definition) is 4. The molecule has 2 aliphatic rings. The van der Waals surface area contributed by atoms with Gasteiger partial charge >= 0.3 is 7.12 Å². The first-order valence-electron chi connectivity index (χ1n) is 8.30. The lowest BCUT2D eigenvalue weighted by Crippen LogP contribution is -2.41. The van der Waals surface area contributed by atoms with Crippen LogP contribution in [0.1, 0.15) is 51.7 Å². The number of benzene rings is 1. The minimum absolute atomic E-state index is 0.399. The van der Waals surface area contributed by atoms with Gasteiger partial charge in [-0.3, -0.25) is 0 Å². The van der Waals surface area contributed by atoms with Gasteiger partial charge in [0, 0.05) is 0 Å². The maximum Gasteiger partial charge on any atom is 0.494 e. The van der Waals surface area contributed by atoms with Crippen LogP contribution >= 0.6 is 0 Å². The fourth-order valence-corrected chi connectivity index (χ4v) is 4.17. The van der Waals surface area contributed by atoms with Gasteiger partial charge in [-0.2, -0.15) is 0 Å². The molecule has 0 amide bonds. The van der Waals surface area contributed by atoms with E-state index in [-0.39, 0.29) is 0 Å². The second kappa shape index (κ2) is 5.30. The van der Waals surface area contributed by atoms with Gasteiger partial charge < -0.3 is 9.31 Å². The molecule has 0 radical (unpaired) electrons. The molecule has 5 nitrogen and oxygen atoms in total. The molecule has 0 atom stereocenters. The van der Waals surface area contributed by atoms with Crippen LogP contribution in [-0.2, 0) is 24.9 Å². The maximum atomic E-state index is 11.7. The largest absolute Gasteiger partial charge is 0.494 e. The second-order valence-corrected chi connectivity index (χ2v) is 9.93. The number of sulfonamides is 1. The van der Waals surface area contributed by atoms with Crippen LogP contribution in [0.5, 0.6) is 0 Å². The zero-order valence-electron chi connectivity index (χ0n) is 15.3. The van der Waals surface area contributed by atoms with Gasteiger partial charge in [-0.05, 0) is 58.5 Å². The number of rotatable bonds is 4. The fraction of sp³-hybridized carbons (Fsp3) is 0.647. The molecule has 1 aromatic rings. The minimum atomic E-state index is -3.26. The van der Waals surface area contributed by atoms with Crippen molar-refractivity contribution in [3.05, 3.63) is 29.3 Å². The smallest absolute Gasteiger partial charge is 0.399 e. The average molecular weight is 351 g/mol. The van der Waals surface area contributed by atoms with Crippen LogP contribution in [0, 0.1) is 6.92 Å². The summed E-state index contributed by atoms with van der Waals surface area (Å²) in [6.07, 6.45) is 2.83. The standard InChI is InChI=1S/C17H26BNO4S/c1-12-9-13(17(7-8-17)19-24(6,20)21)11-14(10-12)18-22-15(2,3)16(4,5)23-18/h9-11,19H,7-8H2,1-6H3. The average Bonchev–Trinajstić information content (AvgIpc) is 3.10. The van der Waals surface area contributed by atoms with Crippen molar-refractivity contribution in [1.82, 2.24) is 4.72 Å². The second-order valence-electron chi connectivity index (χ2n) is 8.18. The van der Waals surface area contributed by atoms with Gasteiger partial charge in [0.25, 0.3) is 0 Å². The van der Waals surface area contributed by atoms with Crippen LogP contribution in [-0.4, -0.2) is 33.0 Å². The molecule has 7 heteroatoms.